The molecule has 0 unspecified atom stereocenters. The molecule has 0 N–H and O–H groups in total. The molecular formula is C21H26N4O3S. The topological polar surface area (TPSA) is 77.3 Å². The fourth-order valence-corrected chi connectivity index (χ4v) is 3.78. The van der Waals surface area contributed by atoms with E-state index in [2.05, 4.69) is 16.7 Å². The number of ether oxygens (including phenoxy) is 1. The molecule has 29 heavy (non-hydrogen) atoms. The van der Waals surface area contributed by atoms with E-state index in [1.807, 2.05) is 43.3 Å². The van der Waals surface area contributed by atoms with Crippen LogP contribution in [-0.2, 0) is 16.9 Å². The van der Waals surface area contributed by atoms with Crippen LogP contribution in [0, 0.1) is 6.92 Å². The van der Waals surface area contributed by atoms with Crippen molar-refractivity contribution in [2.24, 2.45) is 7.05 Å². The van der Waals surface area contributed by atoms with Gasteiger partial charge in [0.1, 0.15) is 11.6 Å². The van der Waals surface area contributed by atoms with E-state index in [1.54, 1.807) is 48.4 Å². The number of para-hydroxylation sites is 1. The molecule has 0 spiro atoms. The molecule has 1 aromatic carbocycles. The molecule has 2 heterocycles. The number of hydrogen-bond donors (Lipinski definition) is 0. The van der Waals surface area contributed by atoms with Crippen molar-refractivity contribution in [1.29, 1.82) is 0 Å². The van der Waals surface area contributed by atoms with Gasteiger partial charge in [-0.25, -0.2) is 8.42 Å². The number of sulfone groups is 1. The standard InChI is InChI=1S/C14H18N4O2S.C7H8O/c1-4-8-21(19,20)11-18(13-6-5-7-15-9-13)14-10-17(3)16-12(14)2;1-8-7-5-3-2-4-6-7/h4-7,9-10H,1,8,11H2,2-3H3;2-6H,1H3. The van der Waals surface area contributed by atoms with E-state index >= 15 is 0 Å². The molecule has 0 fully saturated rings. The average molecular weight is 415 g/mol. The molecular weight excluding hydrogens is 388 g/mol. The van der Waals surface area contributed by atoms with E-state index < -0.39 is 9.84 Å². The van der Waals surface area contributed by atoms with Crippen LogP contribution in [0.3, 0.4) is 0 Å². The minimum atomic E-state index is -3.29. The van der Waals surface area contributed by atoms with Gasteiger partial charge in [0.05, 0.1) is 36.1 Å². The van der Waals surface area contributed by atoms with E-state index in [-0.39, 0.29) is 11.6 Å². The van der Waals surface area contributed by atoms with E-state index in [1.165, 1.54) is 6.08 Å². The summed E-state index contributed by atoms with van der Waals surface area (Å²) in [6.45, 7) is 5.34. The Balaban J connectivity index is 0.000000313. The van der Waals surface area contributed by atoms with Gasteiger partial charge in [0.25, 0.3) is 0 Å². The number of benzene rings is 1. The molecule has 0 bridgehead atoms. The lowest BCUT2D eigenvalue weighted by molar-refractivity contribution is 0.415. The summed E-state index contributed by atoms with van der Waals surface area (Å²) in [5, 5.41) is 4.27. The van der Waals surface area contributed by atoms with Crippen molar-refractivity contribution >= 4 is 21.2 Å². The van der Waals surface area contributed by atoms with Crippen molar-refractivity contribution in [2.45, 2.75) is 6.92 Å². The highest BCUT2D eigenvalue weighted by atomic mass is 32.2. The Kier molecular flexibility index (Phi) is 7.97. The van der Waals surface area contributed by atoms with Crippen LogP contribution in [0.2, 0.25) is 0 Å². The van der Waals surface area contributed by atoms with Gasteiger partial charge >= 0.3 is 0 Å². The Morgan fingerprint density at radius 2 is 1.93 bits per heavy atom. The van der Waals surface area contributed by atoms with Crippen molar-refractivity contribution in [3.63, 3.8) is 0 Å². The summed E-state index contributed by atoms with van der Waals surface area (Å²) < 4.78 is 30.9. The Morgan fingerprint density at radius 3 is 2.41 bits per heavy atom. The van der Waals surface area contributed by atoms with Gasteiger partial charge in [0, 0.05) is 19.4 Å². The molecule has 3 rings (SSSR count). The normalized spacial score (nSPS) is 10.6. The minimum Gasteiger partial charge on any atom is -0.497 e. The lowest BCUT2D eigenvalue weighted by Gasteiger charge is -2.23. The molecule has 0 saturated heterocycles. The van der Waals surface area contributed by atoms with Crippen LogP contribution in [0.15, 0.2) is 73.7 Å². The summed E-state index contributed by atoms with van der Waals surface area (Å²) in [5.74, 6) is 0.702. The van der Waals surface area contributed by atoms with Crippen molar-refractivity contribution in [3.8, 4) is 5.75 Å². The fraction of sp³-hybridized carbons (Fsp3) is 0.238. The SMILES string of the molecule is C=CCS(=O)(=O)CN(c1cccnc1)c1cn(C)nc1C.COc1ccccc1. The highest BCUT2D eigenvalue weighted by Crippen LogP contribution is 2.27. The smallest absolute Gasteiger partial charge is 0.172 e. The third-order valence-electron chi connectivity index (χ3n) is 3.91. The molecule has 3 aromatic rings. The summed E-state index contributed by atoms with van der Waals surface area (Å²) in [7, 11) is 0.172. The van der Waals surface area contributed by atoms with Gasteiger partial charge in [-0.3, -0.25) is 9.67 Å². The molecule has 0 aliphatic rings. The second-order valence-corrected chi connectivity index (χ2v) is 8.34. The number of nitrogens with zero attached hydrogens (tertiary/aromatic N) is 4. The maximum absolute atomic E-state index is 12.1. The van der Waals surface area contributed by atoms with Gasteiger partial charge in [-0.15, -0.1) is 6.58 Å². The summed E-state index contributed by atoms with van der Waals surface area (Å²) in [6.07, 6.45) is 6.48. The second kappa shape index (κ2) is 10.4. The van der Waals surface area contributed by atoms with E-state index in [0.717, 1.165) is 17.1 Å². The Labute approximate surface area is 172 Å². The maximum Gasteiger partial charge on any atom is 0.172 e. The predicted octanol–water partition coefficient (Wildman–Crippen LogP) is 3.52. The third kappa shape index (κ3) is 6.76. The zero-order valence-corrected chi connectivity index (χ0v) is 17.7. The van der Waals surface area contributed by atoms with Gasteiger partial charge < -0.3 is 9.64 Å². The summed E-state index contributed by atoms with van der Waals surface area (Å²) in [6, 6.07) is 13.3. The largest absolute Gasteiger partial charge is 0.497 e. The zero-order chi connectivity index (χ0) is 21.3. The first-order chi connectivity index (χ1) is 13.9. The van der Waals surface area contributed by atoms with Crippen molar-refractivity contribution in [3.05, 3.63) is 79.4 Å². The number of rotatable bonds is 7. The number of aryl methyl sites for hydroxylation is 2. The Hall–Kier alpha value is -3.13. The number of anilines is 2. The van der Waals surface area contributed by atoms with Crippen molar-refractivity contribution < 1.29 is 13.2 Å². The van der Waals surface area contributed by atoms with Crippen LogP contribution in [0.1, 0.15) is 5.69 Å². The summed E-state index contributed by atoms with van der Waals surface area (Å²) >= 11 is 0. The van der Waals surface area contributed by atoms with Gasteiger partial charge in [-0.05, 0) is 31.2 Å². The lowest BCUT2D eigenvalue weighted by atomic mass is 10.3. The summed E-state index contributed by atoms with van der Waals surface area (Å²) in [4.78, 5) is 5.76. The molecule has 0 saturated carbocycles. The van der Waals surface area contributed by atoms with Gasteiger partial charge in [0.2, 0.25) is 0 Å². The maximum atomic E-state index is 12.1. The van der Waals surface area contributed by atoms with Crippen LogP contribution in [-0.4, -0.2) is 41.9 Å². The molecule has 8 heteroatoms. The first kappa shape index (κ1) is 22.2. The van der Waals surface area contributed by atoms with E-state index in [4.69, 9.17) is 4.74 Å². The van der Waals surface area contributed by atoms with E-state index in [9.17, 15) is 8.42 Å². The number of methoxy groups -OCH3 is 1. The molecule has 154 valence electrons. The summed E-state index contributed by atoms with van der Waals surface area (Å²) in [5.41, 5.74) is 2.22. The van der Waals surface area contributed by atoms with Gasteiger partial charge in [-0.2, -0.15) is 5.10 Å². The number of hydrogen-bond acceptors (Lipinski definition) is 6. The van der Waals surface area contributed by atoms with Crippen LogP contribution >= 0.6 is 0 Å². The highest BCUT2D eigenvalue weighted by Gasteiger charge is 2.21. The monoisotopic (exact) mass is 414 g/mol. The number of pyridine rings is 1. The predicted molar refractivity (Wildman–Crippen MR) is 116 cm³/mol. The Bertz CT molecular complexity index is 1000. The van der Waals surface area contributed by atoms with Crippen molar-refractivity contribution in [1.82, 2.24) is 14.8 Å². The molecule has 0 aliphatic heterocycles. The molecule has 0 atom stereocenters. The minimum absolute atomic E-state index is 0.0664. The third-order valence-corrected chi connectivity index (χ3v) is 5.31. The molecule has 0 radical (unpaired) electrons. The second-order valence-electron chi connectivity index (χ2n) is 6.26. The highest BCUT2D eigenvalue weighted by molar-refractivity contribution is 7.91. The molecule has 0 aliphatic carbocycles. The molecule has 2 aromatic heterocycles. The first-order valence-electron chi connectivity index (χ1n) is 8.94. The van der Waals surface area contributed by atoms with Gasteiger partial charge in [-0.1, -0.05) is 24.3 Å². The fourth-order valence-electron chi connectivity index (χ4n) is 2.63. The van der Waals surface area contributed by atoms with Crippen LogP contribution in [0.25, 0.3) is 0 Å². The zero-order valence-electron chi connectivity index (χ0n) is 16.9. The van der Waals surface area contributed by atoms with Gasteiger partial charge in [0.15, 0.2) is 9.84 Å². The van der Waals surface area contributed by atoms with Crippen LogP contribution < -0.4 is 9.64 Å². The van der Waals surface area contributed by atoms with E-state index in [0.29, 0.717) is 5.69 Å². The number of aromatic nitrogens is 3. The van der Waals surface area contributed by atoms with Crippen molar-refractivity contribution in [2.75, 3.05) is 23.6 Å². The average Bonchev–Trinajstić information content (AvgIpc) is 3.06. The quantitative estimate of drug-likeness (QED) is 0.551. The lowest BCUT2D eigenvalue weighted by Crippen LogP contribution is -2.27. The Morgan fingerprint density at radius 1 is 1.21 bits per heavy atom. The van der Waals surface area contributed by atoms with Crippen LogP contribution in [0.4, 0.5) is 11.4 Å². The molecule has 7 nitrogen and oxygen atoms in total. The van der Waals surface area contributed by atoms with Crippen LogP contribution in [0.5, 0.6) is 5.75 Å². The first-order valence-corrected chi connectivity index (χ1v) is 10.8. The molecule has 0 amide bonds.